The quantitative estimate of drug-likeness (QED) is 0.852. The van der Waals surface area contributed by atoms with E-state index in [1.807, 2.05) is 0 Å². The minimum absolute atomic E-state index is 0.290. The molecule has 2 rings (SSSR count). The maximum absolute atomic E-state index is 13.5. The molecule has 0 atom stereocenters. The predicted molar refractivity (Wildman–Crippen MR) is 60.2 cm³/mol. The van der Waals surface area contributed by atoms with Crippen molar-refractivity contribution in [1.29, 1.82) is 0 Å². The highest BCUT2D eigenvalue weighted by Crippen LogP contribution is 2.19. The molecule has 0 unspecified atom stereocenters. The topological polar surface area (TPSA) is 51.8 Å². The Labute approximate surface area is 93.2 Å². The molecule has 0 bridgehead atoms. The highest BCUT2D eigenvalue weighted by molar-refractivity contribution is 5.58. The number of nitrogens with zero attached hydrogens (tertiary/aromatic N) is 2. The molecule has 4 heteroatoms. The summed E-state index contributed by atoms with van der Waals surface area (Å²) >= 11 is 0. The van der Waals surface area contributed by atoms with E-state index in [4.69, 9.17) is 5.73 Å². The maximum Gasteiger partial charge on any atom is 0.132 e. The van der Waals surface area contributed by atoms with Crippen LogP contribution in [-0.2, 0) is 6.42 Å². The van der Waals surface area contributed by atoms with Gasteiger partial charge in [0.25, 0.3) is 0 Å². The van der Waals surface area contributed by atoms with Crippen LogP contribution in [0.1, 0.15) is 5.69 Å². The molecule has 0 fully saturated rings. The van der Waals surface area contributed by atoms with Crippen LogP contribution >= 0.6 is 0 Å². The first-order valence-electron chi connectivity index (χ1n) is 5.07. The fourth-order valence-electron chi connectivity index (χ4n) is 1.47. The van der Waals surface area contributed by atoms with Crippen molar-refractivity contribution >= 4 is 0 Å². The molecule has 0 spiro atoms. The Hall–Kier alpha value is -1.81. The van der Waals surface area contributed by atoms with E-state index in [1.54, 1.807) is 30.6 Å². The number of hydrogen-bond donors (Lipinski definition) is 1. The van der Waals surface area contributed by atoms with Crippen LogP contribution in [0.4, 0.5) is 4.39 Å². The Morgan fingerprint density at radius 1 is 1.19 bits per heavy atom. The molecule has 3 nitrogen and oxygen atoms in total. The number of aromatic nitrogens is 2. The first-order chi connectivity index (χ1) is 7.81. The molecule has 0 saturated carbocycles. The van der Waals surface area contributed by atoms with Crippen molar-refractivity contribution in [3.63, 3.8) is 0 Å². The van der Waals surface area contributed by atoms with Gasteiger partial charge >= 0.3 is 0 Å². The van der Waals surface area contributed by atoms with Gasteiger partial charge in [-0.2, -0.15) is 0 Å². The van der Waals surface area contributed by atoms with Crippen molar-refractivity contribution in [3.05, 3.63) is 48.2 Å². The fourth-order valence-corrected chi connectivity index (χ4v) is 1.47. The molecule has 0 aliphatic heterocycles. The van der Waals surface area contributed by atoms with Crippen LogP contribution in [0.2, 0.25) is 0 Å². The summed E-state index contributed by atoms with van der Waals surface area (Å²) in [5.74, 6) is -0.290. The normalized spacial score (nSPS) is 10.4. The van der Waals surface area contributed by atoms with E-state index in [9.17, 15) is 4.39 Å². The molecule has 0 amide bonds. The lowest BCUT2D eigenvalue weighted by atomic mass is 10.1. The molecule has 1 aromatic carbocycles. The predicted octanol–water partition coefficient (Wildman–Crippen LogP) is 1.78. The zero-order chi connectivity index (χ0) is 11.4. The molecular formula is C12H12FN3. The minimum atomic E-state index is -0.290. The van der Waals surface area contributed by atoms with Crippen molar-refractivity contribution in [2.45, 2.75) is 6.42 Å². The van der Waals surface area contributed by atoms with Crippen molar-refractivity contribution in [2.75, 3.05) is 6.54 Å². The highest BCUT2D eigenvalue weighted by atomic mass is 19.1. The van der Waals surface area contributed by atoms with Gasteiger partial charge in [-0.3, -0.25) is 4.98 Å². The molecule has 0 saturated heterocycles. The molecule has 2 N–H and O–H groups in total. The lowest BCUT2D eigenvalue weighted by Crippen LogP contribution is -2.05. The van der Waals surface area contributed by atoms with Gasteiger partial charge in [-0.25, -0.2) is 9.37 Å². The van der Waals surface area contributed by atoms with Crippen LogP contribution in [0.3, 0.4) is 0 Å². The van der Waals surface area contributed by atoms with Crippen molar-refractivity contribution in [2.24, 2.45) is 5.73 Å². The van der Waals surface area contributed by atoms with E-state index in [-0.39, 0.29) is 5.82 Å². The Morgan fingerprint density at radius 2 is 2.00 bits per heavy atom. The van der Waals surface area contributed by atoms with E-state index in [1.165, 1.54) is 6.07 Å². The van der Waals surface area contributed by atoms with Gasteiger partial charge in [0.2, 0.25) is 0 Å². The Balaban J connectivity index is 2.40. The van der Waals surface area contributed by atoms with Crippen LogP contribution in [0.15, 0.2) is 36.7 Å². The summed E-state index contributed by atoms with van der Waals surface area (Å²) in [4.78, 5) is 8.35. The number of rotatable bonds is 3. The number of halogens is 1. The first-order valence-corrected chi connectivity index (χ1v) is 5.07. The van der Waals surface area contributed by atoms with Crippen molar-refractivity contribution < 1.29 is 4.39 Å². The van der Waals surface area contributed by atoms with E-state index in [0.29, 0.717) is 24.2 Å². The second-order valence-electron chi connectivity index (χ2n) is 3.41. The molecule has 2 aromatic rings. The lowest BCUT2D eigenvalue weighted by Gasteiger charge is -2.03. The zero-order valence-corrected chi connectivity index (χ0v) is 8.73. The van der Waals surface area contributed by atoms with Gasteiger partial charge < -0.3 is 5.73 Å². The van der Waals surface area contributed by atoms with E-state index >= 15 is 0 Å². The summed E-state index contributed by atoms with van der Waals surface area (Å²) < 4.78 is 13.5. The maximum atomic E-state index is 13.5. The molecular weight excluding hydrogens is 205 g/mol. The highest BCUT2D eigenvalue weighted by Gasteiger charge is 2.06. The smallest absolute Gasteiger partial charge is 0.132 e. The standard InChI is InChI=1S/C12H12FN3/c13-11-4-2-1-3-10(11)12-8-15-7-9(16-12)5-6-14/h1-4,7-8H,5-6,14H2. The van der Waals surface area contributed by atoms with Gasteiger partial charge in [0.15, 0.2) is 0 Å². The minimum Gasteiger partial charge on any atom is -0.330 e. The number of nitrogens with two attached hydrogens (primary N) is 1. The second kappa shape index (κ2) is 4.81. The lowest BCUT2D eigenvalue weighted by molar-refractivity contribution is 0.630. The summed E-state index contributed by atoms with van der Waals surface area (Å²) in [6, 6.07) is 6.52. The Bertz CT molecular complexity index is 485. The van der Waals surface area contributed by atoms with Crippen LogP contribution in [0.25, 0.3) is 11.3 Å². The average Bonchev–Trinajstić information content (AvgIpc) is 2.30. The van der Waals surface area contributed by atoms with E-state index in [0.717, 1.165) is 5.69 Å². The van der Waals surface area contributed by atoms with Gasteiger partial charge in [0.1, 0.15) is 5.82 Å². The van der Waals surface area contributed by atoms with Gasteiger partial charge in [-0.15, -0.1) is 0 Å². The molecule has 1 heterocycles. The average molecular weight is 217 g/mol. The van der Waals surface area contributed by atoms with Crippen LogP contribution < -0.4 is 5.73 Å². The first kappa shape index (κ1) is 10.7. The fraction of sp³-hybridized carbons (Fsp3) is 0.167. The Kier molecular flexibility index (Phi) is 3.22. The zero-order valence-electron chi connectivity index (χ0n) is 8.73. The monoisotopic (exact) mass is 217 g/mol. The van der Waals surface area contributed by atoms with Crippen LogP contribution in [-0.4, -0.2) is 16.5 Å². The van der Waals surface area contributed by atoms with Crippen LogP contribution in [0.5, 0.6) is 0 Å². The summed E-state index contributed by atoms with van der Waals surface area (Å²) in [5.41, 5.74) is 7.23. The summed E-state index contributed by atoms with van der Waals surface area (Å²) in [7, 11) is 0. The molecule has 1 aromatic heterocycles. The van der Waals surface area contributed by atoms with E-state index in [2.05, 4.69) is 9.97 Å². The van der Waals surface area contributed by atoms with E-state index < -0.39 is 0 Å². The van der Waals surface area contributed by atoms with Crippen LogP contribution in [0, 0.1) is 5.82 Å². The molecule has 0 aliphatic rings. The third-order valence-electron chi connectivity index (χ3n) is 2.23. The SMILES string of the molecule is NCCc1cncc(-c2ccccc2F)n1. The molecule has 82 valence electrons. The third-order valence-corrected chi connectivity index (χ3v) is 2.23. The summed E-state index contributed by atoms with van der Waals surface area (Å²) in [5, 5.41) is 0. The second-order valence-corrected chi connectivity index (χ2v) is 3.41. The summed E-state index contributed by atoms with van der Waals surface area (Å²) in [6.45, 7) is 0.509. The number of hydrogen-bond acceptors (Lipinski definition) is 3. The molecule has 0 radical (unpaired) electrons. The van der Waals surface area contributed by atoms with Gasteiger partial charge in [0.05, 0.1) is 17.6 Å². The van der Waals surface area contributed by atoms with Gasteiger partial charge in [-0.05, 0) is 18.7 Å². The third kappa shape index (κ3) is 2.23. The molecule has 16 heavy (non-hydrogen) atoms. The Morgan fingerprint density at radius 3 is 2.75 bits per heavy atom. The van der Waals surface area contributed by atoms with Crippen molar-refractivity contribution in [1.82, 2.24) is 9.97 Å². The summed E-state index contributed by atoms with van der Waals surface area (Å²) in [6.07, 6.45) is 3.85. The molecule has 0 aliphatic carbocycles. The van der Waals surface area contributed by atoms with Crippen molar-refractivity contribution in [3.8, 4) is 11.3 Å². The number of benzene rings is 1. The van der Waals surface area contributed by atoms with Gasteiger partial charge in [-0.1, -0.05) is 12.1 Å². The van der Waals surface area contributed by atoms with Gasteiger partial charge in [0, 0.05) is 18.2 Å². The largest absolute Gasteiger partial charge is 0.330 e.